The zero-order valence-electron chi connectivity index (χ0n) is 11.8. The lowest BCUT2D eigenvalue weighted by Gasteiger charge is -2.09. The van der Waals surface area contributed by atoms with Crippen LogP contribution in [0, 0.1) is 5.92 Å². The van der Waals surface area contributed by atoms with Crippen LogP contribution in [-0.2, 0) is 16.0 Å². The third kappa shape index (κ3) is 6.99. The molecule has 1 aromatic carbocycles. The van der Waals surface area contributed by atoms with Crippen molar-refractivity contribution in [2.24, 2.45) is 5.92 Å². The molecule has 4 N–H and O–H groups in total. The van der Waals surface area contributed by atoms with Gasteiger partial charge in [-0.05, 0) is 17.7 Å². The van der Waals surface area contributed by atoms with E-state index in [0.29, 0.717) is 25.2 Å². The second kappa shape index (κ2) is 9.20. The van der Waals surface area contributed by atoms with Crippen molar-refractivity contribution in [3.63, 3.8) is 0 Å². The highest BCUT2D eigenvalue weighted by Crippen LogP contribution is 2.05. The van der Waals surface area contributed by atoms with Crippen molar-refractivity contribution < 1.29 is 9.59 Å². The van der Waals surface area contributed by atoms with Gasteiger partial charge in [-0.2, -0.15) is 0 Å². The number of anilines is 1. The quantitative estimate of drug-likeness (QED) is 0.544. The number of nitrogens with two attached hydrogens (primary N) is 1. The van der Waals surface area contributed by atoms with Crippen LogP contribution in [0.5, 0.6) is 0 Å². The fraction of sp³-hybridized carbons (Fsp3) is 0.429. The molecule has 0 aliphatic heterocycles. The smallest absolute Gasteiger partial charge is 0.224 e. The Morgan fingerprint density at radius 1 is 1.10 bits per heavy atom. The van der Waals surface area contributed by atoms with Gasteiger partial charge in [0.15, 0.2) is 0 Å². The van der Waals surface area contributed by atoms with E-state index >= 15 is 0 Å². The molecule has 0 spiro atoms. The molecule has 0 fully saturated rings. The minimum absolute atomic E-state index is 0. The summed E-state index contributed by atoms with van der Waals surface area (Å²) in [6, 6.07) is 7.20. The molecule has 2 amide bonds. The maximum absolute atomic E-state index is 11.6. The van der Waals surface area contributed by atoms with Crippen LogP contribution >= 0.6 is 12.4 Å². The van der Waals surface area contributed by atoms with Gasteiger partial charge >= 0.3 is 0 Å². The summed E-state index contributed by atoms with van der Waals surface area (Å²) in [7, 11) is 0. The third-order valence-corrected chi connectivity index (χ3v) is 2.62. The van der Waals surface area contributed by atoms with Crippen LogP contribution in [0.1, 0.15) is 19.4 Å². The number of carbonyl (C=O) groups excluding carboxylic acids is 2. The van der Waals surface area contributed by atoms with Crippen molar-refractivity contribution in [2.75, 3.05) is 18.8 Å². The maximum atomic E-state index is 11.6. The summed E-state index contributed by atoms with van der Waals surface area (Å²) in [5.74, 6) is -0.109. The normalized spacial score (nSPS) is 9.75. The highest BCUT2D eigenvalue weighted by Gasteiger charge is 2.06. The first kappa shape index (κ1) is 18.2. The summed E-state index contributed by atoms with van der Waals surface area (Å²) in [5, 5.41) is 5.49. The number of carbonyl (C=O) groups is 2. The molecule has 0 aliphatic rings. The lowest BCUT2D eigenvalue weighted by atomic mass is 10.1. The number of nitrogen functional groups attached to an aromatic ring is 1. The van der Waals surface area contributed by atoms with Gasteiger partial charge in [0.2, 0.25) is 11.8 Å². The van der Waals surface area contributed by atoms with Crippen LogP contribution in [0.2, 0.25) is 0 Å². The number of hydrogen-bond acceptors (Lipinski definition) is 3. The van der Waals surface area contributed by atoms with Gasteiger partial charge in [-0.3, -0.25) is 9.59 Å². The van der Waals surface area contributed by atoms with E-state index in [2.05, 4.69) is 10.6 Å². The van der Waals surface area contributed by atoms with Crippen LogP contribution in [0.3, 0.4) is 0 Å². The first-order chi connectivity index (χ1) is 8.99. The SMILES string of the molecule is CC(C)C(=O)NCCNC(=O)Cc1ccc(N)cc1.Cl. The number of halogens is 1. The van der Waals surface area contributed by atoms with E-state index in [4.69, 9.17) is 5.73 Å². The van der Waals surface area contributed by atoms with E-state index in [9.17, 15) is 9.59 Å². The van der Waals surface area contributed by atoms with Gasteiger partial charge in [-0.25, -0.2) is 0 Å². The minimum atomic E-state index is -0.0661. The summed E-state index contributed by atoms with van der Waals surface area (Å²) in [6.45, 7) is 4.54. The van der Waals surface area contributed by atoms with Crippen molar-refractivity contribution in [3.05, 3.63) is 29.8 Å². The van der Waals surface area contributed by atoms with Gasteiger partial charge in [-0.1, -0.05) is 26.0 Å². The second-order valence-corrected chi connectivity index (χ2v) is 4.71. The second-order valence-electron chi connectivity index (χ2n) is 4.71. The Labute approximate surface area is 125 Å². The first-order valence-corrected chi connectivity index (χ1v) is 6.38. The van der Waals surface area contributed by atoms with Crippen molar-refractivity contribution in [2.45, 2.75) is 20.3 Å². The van der Waals surface area contributed by atoms with Crippen molar-refractivity contribution in [1.29, 1.82) is 0 Å². The average molecular weight is 300 g/mol. The number of amides is 2. The van der Waals surface area contributed by atoms with Crippen LogP contribution in [-0.4, -0.2) is 24.9 Å². The molecule has 20 heavy (non-hydrogen) atoms. The summed E-state index contributed by atoms with van der Waals surface area (Å²) in [6.07, 6.45) is 0.318. The zero-order valence-corrected chi connectivity index (χ0v) is 12.6. The number of hydrogen-bond donors (Lipinski definition) is 3. The van der Waals surface area contributed by atoms with E-state index in [0.717, 1.165) is 5.56 Å². The molecule has 0 atom stereocenters. The van der Waals surface area contributed by atoms with Crippen molar-refractivity contribution in [1.82, 2.24) is 10.6 Å². The number of benzene rings is 1. The predicted octanol–water partition coefficient (Wildman–Crippen LogP) is 1.12. The Morgan fingerprint density at radius 3 is 2.20 bits per heavy atom. The highest BCUT2D eigenvalue weighted by atomic mass is 35.5. The Morgan fingerprint density at radius 2 is 1.65 bits per heavy atom. The molecule has 0 saturated carbocycles. The van der Waals surface area contributed by atoms with Gasteiger partial charge in [0.25, 0.3) is 0 Å². The Hall–Kier alpha value is -1.75. The molecule has 112 valence electrons. The molecule has 1 aromatic rings. The van der Waals surface area contributed by atoms with E-state index in [1.54, 1.807) is 12.1 Å². The van der Waals surface area contributed by atoms with Crippen LogP contribution in [0.25, 0.3) is 0 Å². The fourth-order valence-corrected chi connectivity index (χ4v) is 1.48. The fourth-order valence-electron chi connectivity index (χ4n) is 1.48. The first-order valence-electron chi connectivity index (χ1n) is 6.38. The molecule has 0 saturated heterocycles. The molecule has 1 rings (SSSR count). The molecular weight excluding hydrogens is 278 g/mol. The lowest BCUT2D eigenvalue weighted by Crippen LogP contribution is -2.36. The molecule has 0 aromatic heterocycles. The Kier molecular flexibility index (Phi) is 8.40. The standard InChI is InChI=1S/C14H21N3O2.ClH/c1-10(2)14(19)17-8-7-16-13(18)9-11-3-5-12(15)6-4-11;/h3-6,10H,7-9,15H2,1-2H3,(H,16,18)(H,17,19);1H. The number of nitrogens with one attached hydrogen (secondary N) is 2. The van der Waals surface area contributed by atoms with E-state index in [-0.39, 0.29) is 30.1 Å². The predicted molar refractivity (Wildman–Crippen MR) is 82.7 cm³/mol. The molecule has 0 bridgehead atoms. The minimum Gasteiger partial charge on any atom is -0.399 e. The van der Waals surface area contributed by atoms with Gasteiger partial charge in [0, 0.05) is 24.7 Å². The number of rotatable bonds is 6. The molecular formula is C14H22ClN3O2. The molecule has 6 heteroatoms. The van der Waals surface area contributed by atoms with Crippen molar-refractivity contribution in [3.8, 4) is 0 Å². The van der Waals surface area contributed by atoms with Gasteiger partial charge in [-0.15, -0.1) is 12.4 Å². The Balaban J connectivity index is 0.00000361. The molecule has 5 nitrogen and oxygen atoms in total. The van der Waals surface area contributed by atoms with Crippen molar-refractivity contribution >= 4 is 29.9 Å². The largest absolute Gasteiger partial charge is 0.399 e. The zero-order chi connectivity index (χ0) is 14.3. The van der Waals surface area contributed by atoms with E-state index in [1.165, 1.54) is 0 Å². The monoisotopic (exact) mass is 299 g/mol. The van der Waals surface area contributed by atoms with E-state index in [1.807, 2.05) is 26.0 Å². The lowest BCUT2D eigenvalue weighted by molar-refractivity contribution is -0.124. The van der Waals surface area contributed by atoms with Gasteiger partial charge in [0.05, 0.1) is 6.42 Å². The molecule has 0 aliphatic carbocycles. The van der Waals surface area contributed by atoms with Gasteiger partial charge in [0.1, 0.15) is 0 Å². The summed E-state index contributed by atoms with van der Waals surface area (Å²) >= 11 is 0. The molecule has 0 unspecified atom stereocenters. The van der Waals surface area contributed by atoms with Crippen LogP contribution in [0.4, 0.5) is 5.69 Å². The Bertz CT molecular complexity index is 433. The summed E-state index contributed by atoms with van der Waals surface area (Å²) in [4.78, 5) is 22.9. The molecule has 0 radical (unpaired) electrons. The highest BCUT2D eigenvalue weighted by molar-refractivity contribution is 5.85. The topological polar surface area (TPSA) is 84.2 Å². The summed E-state index contributed by atoms with van der Waals surface area (Å²) in [5.41, 5.74) is 7.16. The van der Waals surface area contributed by atoms with Crippen LogP contribution < -0.4 is 16.4 Å². The third-order valence-electron chi connectivity index (χ3n) is 2.62. The summed E-state index contributed by atoms with van der Waals surface area (Å²) < 4.78 is 0. The molecule has 0 heterocycles. The van der Waals surface area contributed by atoms with Crippen LogP contribution in [0.15, 0.2) is 24.3 Å². The van der Waals surface area contributed by atoms with E-state index < -0.39 is 0 Å². The maximum Gasteiger partial charge on any atom is 0.224 e. The average Bonchev–Trinajstić information content (AvgIpc) is 2.37. The van der Waals surface area contributed by atoms with Gasteiger partial charge < -0.3 is 16.4 Å².